The van der Waals surface area contributed by atoms with Crippen LogP contribution in [0.5, 0.6) is 0 Å². The second-order valence-electron chi connectivity index (χ2n) is 11.1. The van der Waals surface area contributed by atoms with Crippen LogP contribution in [0.1, 0.15) is 35.4 Å². The molecule has 2 N–H and O–H groups in total. The molecule has 10 heteroatoms. The molecular formula is C31H32F2N6O2. The first-order valence-electron chi connectivity index (χ1n) is 13.9. The van der Waals surface area contributed by atoms with Gasteiger partial charge in [0.25, 0.3) is 0 Å². The number of benzene rings is 3. The molecular weight excluding hydrogens is 526 g/mol. The van der Waals surface area contributed by atoms with Gasteiger partial charge in [-0.2, -0.15) is 0 Å². The average Bonchev–Trinajstić information content (AvgIpc) is 3.72. The smallest absolute Gasteiger partial charge is 0.243 e. The highest BCUT2D eigenvalue weighted by Gasteiger charge is 2.43. The molecule has 2 aliphatic rings. The van der Waals surface area contributed by atoms with E-state index >= 15 is 0 Å². The molecule has 0 aliphatic carbocycles. The van der Waals surface area contributed by atoms with Gasteiger partial charge in [-0.25, -0.2) is 13.5 Å². The highest BCUT2D eigenvalue weighted by atomic mass is 19.1. The number of halogens is 2. The van der Waals surface area contributed by atoms with Gasteiger partial charge in [-0.1, -0.05) is 47.7 Å². The van der Waals surface area contributed by atoms with Crippen molar-refractivity contribution in [1.29, 1.82) is 0 Å². The minimum Gasteiger partial charge on any atom is -0.350 e. The van der Waals surface area contributed by atoms with Crippen LogP contribution in [0.25, 0.3) is 11.0 Å². The summed E-state index contributed by atoms with van der Waals surface area (Å²) in [5.41, 5.74) is 4.05. The summed E-state index contributed by atoms with van der Waals surface area (Å²) >= 11 is 0. The zero-order valence-electron chi connectivity index (χ0n) is 22.8. The zero-order chi connectivity index (χ0) is 28.5. The lowest BCUT2D eigenvalue weighted by Crippen LogP contribution is -2.51. The van der Waals surface area contributed by atoms with E-state index in [9.17, 15) is 18.4 Å². The number of hydrogen-bond donors (Lipinski definition) is 2. The molecule has 0 bridgehead atoms. The Bertz CT molecular complexity index is 1580. The van der Waals surface area contributed by atoms with Gasteiger partial charge in [0.05, 0.1) is 11.6 Å². The number of nitrogens with one attached hydrogen (secondary N) is 2. The van der Waals surface area contributed by atoms with E-state index in [0.29, 0.717) is 37.9 Å². The minimum absolute atomic E-state index is 0.119. The summed E-state index contributed by atoms with van der Waals surface area (Å²) in [6.45, 7) is 1.28. The molecule has 0 radical (unpaired) electrons. The number of nitrogens with zero attached hydrogens (tertiary/aromatic N) is 4. The zero-order valence-corrected chi connectivity index (χ0v) is 22.8. The largest absolute Gasteiger partial charge is 0.350 e. The number of aromatic nitrogens is 3. The van der Waals surface area contributed by atoms with Crippen LogP contribution in [0.3, 0.4) is 0 Å². The summed E-state index contributed by atoms with van der Waals surface area (Å²) in [6, 6.07) is 18.2. The van der Waals surface area contributed by atoms with Crippen LogP contribution >= 0.6 is 0 Å². The lowest BCUT2D eigenvalue weighted by atomic mass is 9.96. The average molecular weight is 559 g/mol. The number of fused-ring (bicyclic) bond motifs is 1. The first-order chi connectivity index (χ1) is 19.9. The second-order valence-corrected chi connectivity index (χ2v) is 11.1. The Hall–Kier alpha value is -4.18. The van der Waals surface area contributed by atoms with E-state index < -0.39 is 23.7 Å². The molecule has 2 fully saturated rings. The quantitative estimate of drug-likeness (QED) is 0.363. The van der Waals surface area contributed by atoms with Gasteiger partial charge in [0.15, 0.2) is 0 Å². The molecule has 4 atom stereocenters. The van der Waals surface area contributed by atoms with Crippen molar-refractivity contribution in [2.24, 2.45) is 13.0 Å². The van der Waals surface area contributed by atoms with Gasteiger partial charge in [-0.05, 0) is 66.0 Å². The second kappa shape index (κ2) is 11.4. The molecule has 2 amide bonds. The van der Waals surface area contributed by atoms with Crippen molar-refractivity contribution in [3.63, 3.8) is 0 Å². The van der Waals surface area contributed by atoms with Crippen LogP contribution in [-0.4, -0.2) is 56.9 Å². The number of amides is 2. The van der Waals surface area contributed by atoms with E-state index in [4.69, 9.17) is 0 Å². The van der Waals surface area contributed by atoms with E-state index in [1.54, 1.807) is 9.58 Å². The highest BCUT2D eigenvalue weighted by molar-refractivity contribution is 5.90. The molecule has 0 spiro atoms. The van der Waals surface area contributed by atoms with Gasteiger partial charge >= 0.3 is 0 Å². The van der Waals surface area contributed by atoms with E-state index in [-0.39, 0.29) is 30.2 Å². The number of hydrogen-bond acceptors (Lipinski definition) is 5. The van der Waals surface area contributed by atoms with Gasteiger partial charge in [0, 0.05) is 32.7 Å². The van der Waals surface area contributed by atoms with Crippen LogP contribution in [-0.2, 0) is 29.6 Å². The number of carbonyl (C=O) groups excluding carboxylic acids is 2. The fourth-order valence-electron chi connectivity index (χ4n) is 6.17. The van der Waals surface area contributed by atoms with Crippen molar-refractivity contribution in [2.75, 3.05) is 13.1 Å². The van der Waals surface area contributed by atoms with Gasteiger partial charge in [-0.15, -0.1) is 5.10 Å². The van der Waals surface area contributed by atoms with E-state index in [2.05, 4.69) is 33.1 Å². The van der Waals surface area contributed by atoms with Gasteiger partial charge in [0.1, 0.15) is 23.2 Å². The highest BCUT2D eigenvalue weighted by Crippen LogP contribution is 2.32. The molecule has 2 aliphatic heterocycles. The monoisotopic (exact) mass is 558 g/mol. The Labute approximate surface area is 236 Å². The summed E-state index contributed by atoms with van der Waals surface area (Å²) in [5, 5.41) is 14.5. The van der Waals surface area contributed by atoms with E-state index in [0.717, 1.165) is 22.7 Å². The maximum Gasteiger partial charge on any atom is 0.243 e. The maximum atomic E-state index is 14.5. The molecule has 41 heavy (non-hydrogen) atoms. The normalized spacial score (nSPS) is 22.4. The molecule has 6 rings (SSSR count). The summed E-state index contributed by atoms with van der Waals surface area (Å²) in [5.74, 6) is -1.55. The number of aryl methyl sites for hydroxylation is 1. The first kappa shape index (κ1) is 27.0. The minimum atomic E-state index is -0.686. The molecule has 2 saturated heterocycles. The Morgan fingerprint density at radius 2 is 1.88 bits per heavy atom. The van der Waals surface area contributed by atoms with Crippen LogP contribution < -0.4 is 10.6 Å². The molecule has 4 aromatic rings. The number of likely N-dealkylation sites (tertiary alicyclic amines) is 1. The molecule has 212 valence electrons. The lowest BCUT2D eigenvalue weighted by molar-refractivity contribution is -0.139. The Kier molecular flexibility index (Phi) is 7.49. The molecule has 0 saturated carbocycles. The van der Waals surface area contributed by atoms with Crippen molar-refractivity contribution < 1.29 is 18.4 Å². The molecule has 1 aromatic heterocycles. The number of rotatable bonds is 7. The van der Waals surface area contributed by atoms with Crippen molar-refractivity contribution in [3.8, 4) is 0 Å². The Balaban J connectivity index is 1.17. The van der Waals surface area contributed by atoms with Crippen molar-refractivity contribution in [3.05, 3.63) is 95.1 Å². The third-order valence-corrected chi connectivity index (χ3v) is 8.34. The third-order valence-electron chi connectivity index (χ3n) is 8.34. The van der Waals surface area contributed by atoms with Crippen molar-refractivity contribution in [1.82, 2.24) is 30.5 Å². The number of carbonyl (C=O) groups is 2. The van der Waals surface area contributed by atoms with E-state index in [1.165, 1.54) is 17.7 Å². The SMILES string of the molecule is Cn1nnc2cc(CNC(=O)[C@@H]3C[C@@H](Cc4ccc(F)cc4F)CN3C(=O)[C@H]3C[C@@H](c4ccccc4)CN3)ccc21. The Morgan fingerprint density at radius 1 is 1.05 bits per heavy atom. The third kappa shape index (κ3) is 5.69. The van der Waals surface area contributed by atoms with Crippen LogP contribution in [0.4, 0.5) is 8.78 Å². The molecule has 3 aromatic carbocycles. The topological polar surface area (TPSA) is 92.2 Å². The molecule has 8 nitrogen and oxygen atoms in total. The van der Waals surface area contributed by atoms with Gasteiger partial charge in [-0.3, -0.25) is 9.59 Å². The Morgan fingerprint density at radius 3 is 2.68 bits per heavy atom. The maximum absolute atomic E-state index is 14.5. The summed E-state index contributed by atoms with van der Waals surface area (Å²) in [7, 11) is 1.82. The van der Waals surface area contributed by atoms with Gasteiger partial charge in [0.2, 0.25) is 11.8 Å². The van der Waals surface area contributed by atoms with Crippen LogP contribution in [0, 0.1) is 17.6 Å². The summed E-state index contributed by atoms with van der Waals surface area (Å²) < 4.78 is 29.6. The fraction of sp³-hybridized carbons (Fsp3) is 0.355. The summed E-state index contributed by atoms with van der Waals surface area (Å²) in [6.07, 6.45) is 1.35. The molecule has 0 unspecified atom stereocenters. The standard InChI is InChI=1S/C31H32F2N6O2/c1-38-28-10-7-19(12-26(28)36-37-38)16-35-30(40)29-13-20(11-22-8-9-24(32)15-25(22)33)18-39(29)31(41)27-14-23(17-34-27)21-5-3-2-4-6-21/h2-10,12,15,20,23,27,29,34H,11,13-14,16-18H2,1H3,(H,35,40)/t20-,23-,27-,29+/m1/s1. The predicted molar refractivity (Wildman–Crippen MR) is 150 cm³/mol. The molecule has 3 heterocycles. The predicted octanol–water partition coefficient (Wildman–Crippen LogP) is 3.47. The van der Waals surface area contributed by atoms with E-state index in [1.807, 2.05) is 43.4 Å². The van der Waals surface area contributed by atoms with Crippen LogP contribution in [0.15, 0.2) is 66.7 Å². The van der Waals surface area contributed by atoms with Crippen molar-refractivity contribution >= 4 is 22.8 Å². The fourth-order valence-corrected chi connectivity index (χ4v) is 6.17. The van der Waals surface area contributed by atoms with Crippen molar-refractivity contribution in [2.45, 2.75) is 43.8 Å². The van der Waals surface area contributed by atoms with Crippen LogP contribution in [0.2, 0.25) is 0 Å². The summed E-state index contributed by atoms with van der Waals surface area (Å²) in [4.78, 5) is 29.0. The lowest BCUT2D eigenvalue weighted by Gasteiger charge is -2.27. The van der Waals surface area contributed by atoms with Gasteiger partial charge < -0.3 is 15.5 Å². The first-order valence-corrected chi connectivity index (χ1v) is 13.9.